The van der Waals surface area contributed by atoms with Gasteiger partial charge in [-0.25, -0.2) is 9.97 Å². The predicted molar refractivity (Wildman–Crippen MR) is 125 cm³/mol. The van der Waals surface area contributed by atoms with Gasteiger partial charge in [0.15, 0.2) is 0 Å². The van der Waals surface area contributed by atoms with Gasteiger partial charge in [-0.3, -0.25) is 0 Å². The van der Waals surface area contributed by atoms with Crippen molar-refractivity contribution in [2.24, 2.45) is 0 Å². The number of rotatable bonds is 2. The van der Waals surface area contributed by atoms with E-state index in [1.165, 1.54) is 43.4 Å². The zero-order chi connectivity index (χ0) is 19.9. The molecule has 0 unspecified atom stereocenters. The molecule has 0 aliphatic rings. The highest BCUT2D eigenvalue weighted by Crippen LogP contribution is 2.32. The van der Waals surface area contributed by atoms with E-state index in [-0.39, 0.29) is 0 Å². The highest BCUT2D eigenvalue weighted by Gasteiger charge is 2.06. The first-order chi connectivity index (χ1) is 14.8. The zero-order valence-electron chi connectivity index (χ0n) is 16.3. The van der Waals surface area contributed by atoms with Crippen LogP contribution in [0.5, 0.6) is 0 Å². The van der Waals surface area contributed by atoms with E-state index in [9.17, 15) is 0 Å². The number of fused-ring (bicyclic) bond motifs is 4. The van der Waals surface area contributed by atoms with Gasteiger partial charge in [-0.15, -0.1) is 0 Å². The summed E-state index contributed by atoms with van der Waals surface area (Å²) in [5.41, 5.74) is 4.58. The third-order valence-electron chi connectivity index (χ3n) is 5.81. The van der Waals surface area contributed by atoms with Crippen molar-refractivity contribution in [2.75, 3.05) is 0 Å². The molecule has 0 saturated heterocycles. The van der Waals surface area contributed by atoms with E-state index in [4.69, 9.17) is 0 Å². The van der Waals surface area contributed by atoms with Crippen molar-refractivity contribution in [1.82, 2.24) is 9.97 Å². The van der Waals surface area contributed by atoms with Crippen LogP contribution in [0.15, 0.2) is 110 Å². The molecular formula is C28H18N2. The number of aromatic nitrogens is 2. The average Bonchev–Trinajstić information content (AvgIpc) is 2.83. The van der Waals surface area contributed by atoms with Crippen LogP contribution in [0.4, 0.5) is 0 Å². The molecule has 0 amide bonds. The van der Waals surface area contributed by atoms with Gasteiger partial charge in [-0.2, -0.15) is 0 Å². The minimum absolute atomic E-state index is 1.03. The van der Waals surface area contributed by atoms with Gasteiger partial charge >= 0.3 is 0 Å². The molecule has 0 spiro atoms. The Hall–Kier alpha value is -4.04. The Morgan fingerprint density at radius 3 is 1.90 bits per heavy atom. The molecule has 2 nitrogen and oxygen atoms in total. The Morgan fingerprint density at radius 1 is 0.400 bits per heavy atom. The van der Waals surface area contributed by atoms with E-state index >= 15 is 0 Å². The zero-order valence-corrected chi connectivity index (χ0v) is 16.3. The van der Waals surface area contributed by atoms with Gasteiger partial charge < -0.3 is 0 Å². The van der Waals surface area contributed by atoms with Crippen LogP contribution in [0.1, 0.15) is 0 Å². The van der Waals surface area contributed by atoms with Crippen LogP contribution in [0.25, 0.3) is 54.6 Å². The first kappa shape index (κ1) is 16.9. The van der Waals surface area contributed by atoms with Gasteiger partial charge in [0.2, 0.25) is 0 Å². The number of hydrogen-bond acceptors (Lipinski definition) is 2. The fraction of sp³-hybridized carbons (Fsp3) is 0. The Balaban J connectivity index is 1.45. The molecule has 0 atom stereocenters. The minimum Gasteiger partial charge on any atom is -0.244 e. The lowest BCUT2D eigenvalue weighted by atomic mass is 9.95. The second-order valence-corrected chi connectivity index (χ2v) is 7.63. The molecule has 140 valence electrons. The lowest BCUT2D eigenvalue weighted by molar-refractivity contribution is 1.17. The maximum atomic E-state index is 4.11. The van der Waals surface area contributed by atoms with Crippen LogP contribution in [-0.2, 0) is 0 Å². The maximum absolute atomic E-state index is 4.11. The third-order valence-corrected chi connectivity index (χ3v) is 5.81. The molecule has 0 N–H and O–H groups in total. The van der Waals surface area contributed by atoms with E-state index in [2.05, 4.69) is 101 Å². The summed E-state index contributed by atoms with van der Waals surface area (Å²) in [5.74, 6) is 0. The molecule has 0 aliphatic carbocycles. The first-order valence-corrected chi connectivity index (χ1v) is 10.1. The molecule has 0 aliphatic heterocycles. The number of benzene rings is 5. The van der Waals surface area contributed by atoms with E-state index in [0.717, 1.165) is 11.1 Å². The summed E-state index contributed by atoms with van der Waals surface area (Å²) in [7, 11) is 0. The fourth-order valence-electron chi connectivity index (χ4n) is 4.24. The van der Waals surface area contributed by atoms with Crippen molar-refractivity contribution >= 4 is 32.3 Å². The van der Waals surface area contributed by atoms with Crippen molar-refractivity contribution in [3.05, 3.63) is 110 Å². The third kappa shape index (κ3) is 2.82. The van der Waals surface area contributed by atoms with Crippen LogP contribution in [-0.4, -0.2) is 9.97 Å². The van der Waals surface area contributed by atoms with Crippen LogP contribution in [0, 0.1) is 0 Å². The predicted octanol–water partition coefficient (Wildman–Crippen LogP) is 7.27. The molecule has 5 aromatic carbocycles. The number of nitrogens with zero attached hydrogens (tertiary/aromatic N) is 2. The van der Waals surface area contributed by atoms with Gasteiger partial charge in [-0.05, 0) is 67.2 Å². The minimum atomic E-state index is 1.03. The Bertz CT molecular complexity index is 1520. The van der Waals surface area contributed by atoms with Crippen LogP contribution in [0.3, 0.4) is 0 Å². The fourth-order valence-corrected chi connectivity index (χ4v) is 4.24. The largest absolute Gasteiger partial charge is 0.244 e. The van der Waals surface area contributed by atoms with Crippen molar-refractivity contribution in [3.63, 3.8) is 0 Å². The smallest absolute Gasteiger partial charge is 0.115 e. The molecule has 30 heavy (non-hydrogen) atoms. The van der Waals surface area contributed by atoms with E-state index in [0.29, 0.717) is 0 Å². The molecule has 0 saturated carbocycles. The molecule has 0 radical (unpaired) electrons. The van der Waals surface area contributed by atoms with Crippen molar-refractivity contribution in [2.45, 2.75) is 0 Å². The molecule has 2 heteroatoms. The van der Waals surface area contributed by atoms with E-state index < -0.39 is 0 Å². The van der Waals surface area contributed by atoms with Crippen molar-refractivity contribution in [1.29, 1.82) is 0 Å². The Morgan fingerprint density at radius 2 is 1.07 bits per heavy atom. The lowest BCUT2D eigenvalue weighted by Gasteiger charge is -2.09. The molecule has 6 aromatic rings. The van der Waals surface area contributed by atoms with Gasteiger partial charge in [0.1, 0.15) is 6.33 Å². The second kappa shape index (κ2) is 6.78. The summed E-state index contributed by atoms with van der Waals surface area (Å²) in [6, 6.07) is 32.9. The van der Waals surface area contributed by atoms with Crippen LogP contribution in [0.2, 0.25) is 0 Å². The van der Waals surface area contributed by atoms with Crippen LogP contribution < -0.4 is 0 Å². The summed E-state index contributed by atoms with van der Waals surface area (Å²) < 4.78 is 0. The quantitative estimate of drug-likeness (QED) is 0.232. The van der Waals surface area contributed by atoms with E-state index in [1.807, 2.05) is 12.4 Å². The highest BCUT2D eigenvalue weighted by atomic mass is 14.8. The maximum Gasteiger partial charge on any atom is 0.115 e. The summed E-state index contributed by atoms with van der Waals surface area (Å²) in [5, 5.41) is 7.70. The molecule has 6 rings (SSSR count). The van der Waals surface area contributed by atoms with Gasteiger partial charge in [0.05, 0.1) is 0 Å². The molecule has 1 aromatic heterocycles. The standard InChI is InChI=1S/C28H18N2/c1-2-4-27-21(3-1)9-12-24-14-25-13-22(10-11-23(25)15-28(24)27)19-5-7-20(8-6-19)26-16-29-18-30-17-26/h1-18H. The lowest BCUT2D eigenvalue weighted by Crippen LogP contribution is -1.84. The first-order valence-electron chi connectivity index (χ1n) is 10.1. The SMILES string of the molecule is c1ccc2c(c1)ccc1cc3cc(-c4ccc(-c5cncnc5)cc4)ccc3cc12. The topological polar surface area (TPSA) is 25.8 Å². The van der Waals surface area contributed by atoms with Gasteiger partial charge in [-0.1, -0.05) is 72.8 Å². The van der Waals surface area contributed by atoms with E-state index in [1.54, 1.807) is 6.33 Å². The molecule has 0 fully saturated rings. The van der Waals surface area contributed by atoms with Crippen molar-refractivity contribution in [3.8, 4) is 22.3 Å². The van der Waals surface area contributed by atoms with Crippen molar-refractivity contribution < 1.29 is 0 Å². The molecule has 1 heterocycles. The Labute approximate surface area is 174 Å². The van der Waals surface area contributed by atoms with Gasteiger partial charge in [0.25, 0.3) is 0 Å². The number of hydrogen-bond donors (Lipinski definition) is 0. The monoisotopic (exact) mass is 382 g/mol. The highest BCUT2D eigenvalue weighted by molar-refractivity contribution is 6.12. The molecule has 0 bridgehead atoms. The normalized spacial score (nSPS) is 11.3. The summed E-state index contributed by atoms with van der Waals surface area (Å²) in [6.07, 6.45) is 5.24. The second-order valence-electron chi connectivity index (χ2n) is 7.63. The summed E-state index contributed by atoms with van der Waals surface area (Å²) >= 11 is 0. The van der Waals surface area contributed by atoms with Crippen LogP contribution >= 0.6 is 0 Å². The molecular weight excluding hydrogens is 364 g/mol. The summed E-state index contributed by atoms with van der Waals surface area (Å²) in [6.45, 7) is 0. The Kier molecular flexibility index (Phi) is 3.82. The average molecular weight is 382 g/mol. The van der Waals surface area contributed by atoms with Gasteiger partial charge in [0, 0.05) is 18.0 Å². The summed E-state index contributed by atoms with van der Waals surface area (Å²) in [4.78, 5) is 8.22.